The highest BCUT2D eigenvalue weighted by atomic mass is 16.4. The van der Waals surface area contributed by atoms with Gasteiger partial charge in [0.15, 0.2) is 0 Å². The van der Waals surface area contributed by atoms with Gasteiger partial charge in [0.2, 0.25) is 0 Å². The van der Waals surface area contributed by atoms with Crippen LogP contribution in [0.3, 0.4) is 0 Å². The Balaban J connectivity index is 1.49. The summed E-state index contributed by atoms with van der Waals surface area (Å²) in [6.07, 6.45) is 11.2. The molecule has 2 aromatic carbocycles. The first kappa shape index (κ1) is 23.0. The molecule has 0 unspecified atom stereocenters. The molecule has 3 atom stereocenters. The van der Waals surface area contributed by atoms with Gasteiger partial charge in [0.25, 0.3) is 0 Å². The van der Waals surface area contributed by atoms with Crippen LogP contribution in [-0.4, -0.2) is 35.1 Å². The molecule has 2 aliphatic carbocycles. The molecule has 0 amide bonds. The first-order chi connectivity index (χ1) is 15.7. The van der Waals surface area contributed by atoms with Crippen molar-refractivity contribution in [3.8, 4) is 0 Å². The Kier molecular flexibility index (Phi) is 8.39. The van der Waals surface area contributed by atoms with Crippen molar-refractivity contribution in [3.05, 3.63) is 71.8 Å². The van der Waals surface area contributed by atoms with Gasteiger partial charge in [-0.3, -0.25) is 9.69 Å². The highest BCUT2D eigenvalue weighted by Crippen LogP contribution is 2.44. The highest BCUT2D eigenvalue weighted by Gasteiger charge is 2.39. The van der Waals surface area contributed by atoms with E-state index in [1.54, 1.807) is 0 Å². The summed E-state index contributed by atoms with van der Waals surface area (Å²) in [5.74, 6) is 1.18. The van der Waals surface area contributed by atoms with E-state index in [4.69, 9.17) is 0 Å². The Morgan fingerprint density at radius 3 is 1.91 bits per heavy atom. The molecule has 4 rings (SSSR count). The molecule has 2 saturated carbocycles. The normalized spacial score (nSPS) is 24.1. The molecule has 0 heterocycles. The summed E-state index contributed by atoms with van der Waals surface area (Å²) in [4.78, 5) is 14.2. The molecule has 3 heteroatoms. The van der Waals surface area contributed by atoms with Crippen molar-refractivity contribution in [2.45, 2.75) is 70.3 Å². The topological polar surface area (TPSA) is 40.5 Å². The fourth-order valence-corrected chi connectivity index (χ4v) is 6.34. The van der Waals surface area contributed by atoms with Crippen molar-refractivity contribution in [2.75, 3.05) is 13.1 Å². The first-order valence-electron chi connectivity index (χ1n) is 12.7. The van der Waals surface area contributed by atoms with Crippen molar-refractivity contribution in [3.63, 3.8) is 0 Å². The lowest BCUT2D eigenvalue weighted by molar-refractivity contribution is -0.138. The summed E-state index contributed by atoms with van der Waals surface area (Å²) in [6.45, 7) is 2.18. The van der Waals surface area contributed by atoms with E-state index in [1.165, 1.54) is 36.8 Å². The number of rotatable bonds is 10. The lowest BCUT2D eigenvalue weighted by Crippen LogP contribution is -2.48. The smallest absolute Gasteiger partial charge is 0.303 e. The van der Waals surface area contributed by atoms with Gasteiger partial charge in [-0.2, -0.15) is 0 Å². The Morgan fingerprint density at radius 2 is 1.38 bits per heavy atom. The molecular formula is C29H39NO2. The Bertz CT molecular complexity index is 772. The summed E-state index contributed by atoms with van der Waals surface area (Å²) in [7, 11) is 0. The van der Waals surface area contributed by atoms with Crippen LogP contribution in [0.25, 0.3) is 0 Å². The van der Waals surface area contributed by atoms with Gasteiger partial charge < -0.3 is 5.11 Å². The Labute approximate surface area is 193 Å². The summed E-state index contributed by atoms with van der Waals surface area (Å²) in [6, 6.07) is 22.3. The molecule has 32 heavy (non-hydrogen) atoms. The third-order valence-electron chi connectivity index (χ3n) is 7.97. The second kappa shape index (κ2) is 11.7. The van der Waals surface area contributed by atoms with Gasteiger partial charge in [0, 0.05) is 25.6 Å². The van der Waals surface area contributed by atoms with Crippen LogP contribution in [0.15, 0.2) is 60.7 Å². The quantitative estimate of drug-likeness (QED) is 0.483. The predicted molar refractivity (Wildman–Crippen MR) is 131 cm³/mol. The molecule has 0 radical (unpaired) electrons. The number of hydrogen-bond acceptors (Lipinski definition) is 2. The molecule has 172 valence electrons. The van der Waals surface area contributed by atoms with Crippen molar-refractivity contribution in [2.24, 2.45) is 17.8 Å². The van der Waals surface area contributed by atoms with Crippen molar-refractivity contribution in [1.29, 1.82) is 0 Å². The van der Waals surface area contributed by atoms with E-state index in [2.05, 4.69) is 65.6 Å². The summed E-state index contributed by atoms with van der Waals surface area (Å²) in [5.41, 5.74) is 2.82. The zero-order valence-electron chi connectivity index (χ0n) is 19.4. The SMILES string of the molecule is O=C(O)C[C@@H]1CC[C@@H](N(CCc2ccccc2)CCc2ccccc2)[C@H](C2CCCC2)C1. The number of nitrogens with zero attached hydrogens (tertiary/aromatic N) is 1. The van der Waals surface area contributed by atoms with Crippen LogP contribution in [0.2, 0.25) is 0 Å². The van der Waals surface area contributed by atoms with E-state index >= 15 is 0 Å². The molecule has 1 N–H and O–H groups in total. The van der Waals surface area contributed by atoms with Gasteiger partial charge in [-0.05, 0) is 61.0 Å². The van der Waals surface area contributed by atoms with Crippen molar-refractivity contribution in [1.82, 2.24) is 4.90 Å². The fourth-order valence-electron chi connectivity index (χ4n) is 6.34. The molecule has 0 aromatic heterocycles. The number of carboxylic acids is 1. The van der Waals surface area contributed by atoms with E-state index in [-0.39, 0.29) is 0 Å². The van der Waals surface area contributed by atoms with Gasteiger partial charge in [0.1, 0.15) is 0 Å². The standard InChI is InChI=1S/C29H39NO2/c31-29(32)22-25-15-16-28(27(21-25)26-13-7-8-14-26)30(19-17-23-9-3-1-4-10-23)20-18-24-11-5-2-6-12-24/h1-6,9-12,25-28H,7-8,13-22H2,(H,31,32)/t25-,27+,28-/m1/s1. The van der Waals surface area contributed by atoms with Crippen LogP contribution in [-0.2, 0) is 17.6 Å². The lowest BCUT2D eigenvalue weighted by atomic mass is 9.70. The van der Waals surface area contributed by atoms with Crippen LogP contribution in [0.4, 0.5) is 0 Å². The zero-order valence-corrected chi connectivity index (χ0v) is 19.4. The molecule has 0 spiro atoms. The molecule has 2 aliphatic rings. The average molecular weight is 434 g/mol. The Morgan fingerprint density at radius 1 is 0.812 bits per heavy atom. The minimum absolute atomic E-state index is 0.351. The van der Waals surface area contributed by atoms with E-state index in [9.17, 15) is 9.90 Å². The van der Waals surface area contributed by atoms with E-state index < -0.39 is 5.97 Å². The predicted octanol–water partition coefficient (Wildman–Crippen LogP) is 6.22. The summed E-state index contributed by atoms with van der Waals surface area (Å²) >= 11 is 0. The third-order valence-corrected chi connectivity index (χ3v) is 7.97. The van der Waals surface area contributed by atoms with Crippen molar-refractivity contribution < 1.29 is 9.90 Å². The molecule has 0 saturated heterocycles. The molecule has 2 aromatic rings. The van der Waals surface area contributed by atoms with Crippen molar-refractivity contribution >= 4 is 5.97 Å². The minimum Gasteiger partial charge on any atom is -0.481 e. The van der Waals surface area contributed by atoms with Crippen LogP contribution in [0.5, 0.6) is 0 Å². The highest BCUT2D eigenvalue weighted by molar-refractivity contribution is 5.67. The van der Waals surface area contributed by atoms with Gasteiger partial charge in [-0.1, -0.05) is 86.3 Å². The van der Waals surface area contributed by atoms with Crippen LogP contribution in [0.1, 0.15) is 62.5 Å². The summed E-state index contributed by atoms with van der Waals surface area (Å²) in [5, 5.41) is 9.40. The third kappa shape index (κ3) is 6.45. The van der Waals surface area contributed by atoms with Crippen LogP contribution in [0, 0.1) is 17.8 Å². The molecular weight excluding hydrogens is 394 g/mol. The number of hydrogen-bond donors (Lipinski definition) is 1. The van der Waals surface area contributed by atoms with E-state index in [0.717, 1.165) is 51.1 Å². The number of carbonyl (C=O) groups is 1. The molecule has 0 aliphatic heterocycles. The van der Waals surface area contributed by atoms with E-state index in [1.807, 2.05) is 0 Å². The molecule has 2 fully saturated rings. The fraction of sp³-hybridized carbons (Fsp3) is 0.552. The number of aliphatic carboxylic acids is 1. The lowest BCUT2D eigenvalue weighted by Gasteiger charge is -2.45. The number of carboxylic acid groups (broad SMARTS) is 1. The van der Waals surface area contributed by atoms with Gasteiger partial charge in [0.05, 0.1) is 0 Å². The summed E-state index contributed by atoms with van der Waals surface area (Å²) < 4.78 is 0. The maximum atomic E-state index is 11.4. The molecule has 0 bridgehead atoms. The van der Waals surface area contributed by atoms with Gasteiger partial charge in [-0.25, -0.2) is 0 Å². The monoisotopic (exact) mass is 433 g/mol. The molecule has 3 nitrogen and oxygen atoms in total. The van der Waals surface area contributed by atoms with Gasteiger partial charge >= 0.3 is 5.97 Å². The maximum absolute atomic E-state index is 11.4. The largest absolute Gasteiger partial charge is 0.481 e. The second-order valence-electron chi connectivity index (χ2n) is 10.1. The Hall–Kier alpha value is -2.13. The zero-order chi connectivity index (χ0) is 22.2. The van der Waals surface area contributed by atoms with Gasteiger partial charge in [-0.15, -0.1) is 0 Å². The maximum Gasteiger partial charge on any atom is 0.303 e. The average Bonchev–Trinajstić information content (AvgIpc) is 3.35. The van der Waals surface area contributed by atoms with E-state index in [0.29, 0.717) is 24.3 Å². The second-order valence-corrected chi connectivity index (χ2v) is 10.1. The number of benzene rings is 2. The minimum atomic E-state index is -0.622. The van der Waals surface area contributed by atoms with Crippen LogP contribution >= 0.6 is 0 Å². The van der Waals surface area contributed by atoms with Crippen LogP contribution < -0.4 is 0 Å². The first-order valence-corrected chi connectivity index (χ1v) is 12.7.